The van der Waals surface area contributed by atoms with Crippen LogP contribution in [0.4, 0.5) is 0 Å². The van der Waals surface area contributed by atoms with Gasteiger partial charge in [-0.1, -0.05) is 27.7 Å². The van der Waals surface area contributed by atoms with Gasteiger partial charge in [-0.3, -0.25) is 4.55 Å². The summed E-state index contributed by atoms with van der Waals surface area (Å²) in [6.45, 7) is 9.88. The van der Waals surface area contributed by atoms with Crippen molar-refractivity contribution in [3.63, 3.8) is 0 Å². The topological polar surface area (TPSA) is 52.6 Å². The van der Waals surface area contributed by atoms with Gasteiger partial charge < -0.3 is 0 Å². The Balaban J connectivity index is 3.95. The van der Waals surface area contributed by atoms with E-state index < -0.39 is 11.3 Å². The van der Waals surface area contributed by atoms with Gasteiger partial charge in [-0.05, 0) is 11.8 Å². The van der Waals surface area contributed by atoms with Gasteiger partial charge in [0.15, 0.2) is 0 Å². The highest BCUT2D eigenvalue weighted by Crippen LogP contribution is 2.00. The van der Waals surface area contributed by atoms with Gasteiger partial charge >= 0.3 is 0 Å². The van der Waals surface area contributed by atoms with Crippen LogP contribution in [0.2, 0.25) is 0 Å². The van der Waals surface area contributed by atoms with Crippen LogP contribution >= 0.6 is 0 Å². The van der Waals surface area contributed by atoms with Crippen molar-refractivity contribution < 1.29 is 8.76 Å². The number of rotatable bonds is 6. The summed E-state index contributed by atoms with van der Waals surface area (Å²) in [4.78, 5) is 2.50. The van der Waals surface area contributed by atoms with Gasteiger partial charge in [0, 0.05) is 13.1 Å². The number of nitrogens with one attached hydrogen (secondary N) is 1. The van der Waals surface area contributed by atoms with Crippen molar-refractivity contribution in [2.45, 2.75) is 27.7 Å². The third-order valence-corrected chi connectivity index (χ3v) is 1.79. The van der Waals surface area contributed by atoms with E-state index in [2.05, 4.69) is 32.5 Å². The summed E-state index contributed by atoms with van der Waals surface area (Å²) in [5.41, 5.74) is 0. The van der Waals surface area contributed by atoms with Gasteiger partial charge in [0.1, 0.15) is 0 Å². The van der Waals surface area contributed by atoms with E-state index in [1.165, 1.54) is 0 Å². The second kappa shape index (κ2) is 6.48. The van der Waals surface area contributed by atoms with E-state index in [4.69, 9.17) is 4.55 Å². The Bertz CT molecular complexity index is 152. The molecule has 1 unspecified atom stereocenters. The van der Waals surface area contributed by atoms with Crippen molar-refractivity contribution >= 4 is 11.3 Å². The van der Waals surface area contributed by atoms with Crippen LogP contribution in [0.3, 0.4) is 0 Å². The first-order valence-corrected chi connectivity index (χ1v) is 5.64. The Labute approximate surface area is 83.1 Å². The Kier molecular flexibility index (Phi) is 6.49. The van der Waals surface area contributed by atoms with E-state index in [1.54, 1.807) is 5.01 Å². The molecule has 0 aromatic heterocycles. The molecule has 13 heavy (non-hydrogen) atoms. The molecule has 5 heteroatoms. The third kappa shape index (κ3) is 8.36. The maximum atomic E-state index is 10.5. The summed E-state index contributed by atoms with van der Waals surface area (Å²) in [5.74, 6) is 0.963. The minimum Gasteiger partial charge on any atom is -0.293 e. The second-order valence-corrected chi connectivity index (χ2v) is 4.71. The average molecular weight is 208 g/mol. The van der Waals surface area contributed by atoms with Crippen molar-refractivity contribution in [1.29, 1.82) is 0 Å². The number of nitrogens with zero attached hydrogens (tertiary/aromatic N) is 1. The van der Waals surface area contributed by atoms with E-state index in [-0.39, 0.29) is 0 Å². The molecule has 80 valence electrons. The molecule has 0 bridgehead atoms. The van der Waals surface area contributed by atoms with E-state index in [1.807, 2.05) is 0 Å². The summed E-state index contributed by atoms with van der Waals surface area (Å²) in [7, 11) is 0. The van der Waals surface area contributed by atoms with Crippen molar-refractivity contribution in [3.8, 4) is 0 Å². The minimum absolute atomic E-state index is 0.481. The zero-order chi connectivity index (χ0) is 10.4. The van der Waals surface area contributed by atoms with Gasteiger partial charge in [0.25, 0.3) is 0 Å². The quantitative estimate of drug-likeness (QED) is 0.510. The SMILES string of the molecule is CC(C)CN(CC(C)C)NS(=O)O. The van der Waals surface area contributed by atoms with Crippen LogP contribution < -0.4 is 4.83 Å². The smallest absolute Gasteiger partial charge is 0.246 e. The Hall–Kier alpha value is 0.0300. The van der Waals surface area contributed by atoms with Gasteiger partial charge in [0.2, 0.25) is 11.3 Å². The molecule has 0 saturated carbocycles. The summed E-state index contributed by atoms with van der Waals surface area (Å²) in [6, 6.07) is 0. The molecule has 0 aromatic carbocycles. The minimum atomic E-state index is -1.95. The monoisotopic (exact) mass is 208 g/mol. The van der Waals surface area contributed by atoms with Crippen LogP contribution in [-0.2, 0) is 11.3 Å². The number of hydrazine groups is 1. The molecule has 1 atom stereocenters. The molecule has 4 nitrogen and oxygen atoms in total. The molecule has 0 rings (SSSR count). The highest BCUT2D eigenvalue weighted by molar-refractivity contribution is 7.77. The van der Waals surface area contributed by atoms with E-state index >= 15 is 0 Å². The normalized spacial score (nSPS) is 14.5. The summed E-state index contributed by atoms with van der Waals surface area (Å²) in [6.07, 6.45) is 0. The van der Waals surface area contributed by atoms with E-state index in [0.29, 0.717) is 11.8 Å². The second-order valence-electron chi connectivity index (χ2n) is 4.03. The average Bonchev–Trinajstić information content (AvgIpc) is 1.80. The van der Waals surface area contributed by atoms with Gasteiger partial charge in [-0.2, -0.15) is 0 Å². The molecule has 0 aliphatic rings. The maximum Gasteiger partial charge on any atom is 0.246 e. The van der Waals surface area contributed by atoms with Crippen LogP contribution in [0.5, 0.6) is 0 Å². The van der Waals surface area contributed by atoms with Crippen molar-refractivity contribution in [3.05, 3.63) is 0 Å². The molecule has 0 aliphatic carbocycles. The Morgan fingerprint density at radius 2 is 1.62 bits per heavy atom. The molecular formula is C8H20N2O2S. The van der Waals surface area contributed by atoms with Gasteiger partial charge in [-0.15, -0.1) is 4.83 Å². The van der Waals surface area contributed by atoms with E-state index in [0.717, 1.165) is 13.1 Å². The molecule has 0 amide bonds. The van der Waals surface area contributed by atoms with Gasteiger partial charge in [-0.25, -0.2) is 9.22 Å². The highest BCUT2D eigenvalue weighted by Gasteiger charge is 2.10. The van der Waals surface area contributed by atoms with Crippen molar-refractivity contribution in [2.24, 2.45) is 11.8 Å². The third-order valence-electron chi connectivity index (χ3n) is 1.38. The standard InChI is InChI=1S/C8H20N2O2S/c1-7(2)5-10(6-8(3)4)9-13(11)12/h7-9H,5-6H2,1-4H3,(H,11,12). The molecule has 0 fully saturated rings. The summed E-state index contributed by atoms with van der Waals surface area (Å²) >= 11 is -1.95. The van der Waals surface area contributed by atoms with Gasteiger partial charge in [0.05, 0.1) is 0 Å². The Morgan fingerprint density at radius 1 is 1.23 bits per heavy atom. The molecular weight excluding hydrogens is 188 g/mol. The fourth-order valence-corrected chi connectivity index (χ4v) is 1.51. The molecule has 0 spiro atoms. The zero-order valence-electron chi connectivity index (χ0n) is 8.78. The lowest BCUT2D eigenvalue weighted by atomic mass is 10.2. The molecule has 0 radical (unpaired) electrons. The summed E-state index contributed by atoms with van der Waals surface area (Å²) in [5, 5.41) is 1.80. The highest BCUT2D eigenvalue weighted by atomic mass is 32.2. The first-order chi connectivity index (χ1) is 5.91. The van der Waals surface area contributed by atoms with Crippen LogP contribution in [0, 0.1) is 11.8 Å². The molecule has 2 N–H and O–H groups in total. The fraction of sp³-hybridized carbons (Fsp3) is 1.00. The predicted octanol–water partition coefficient (Wildman–Crippen LogP) is 1.24. The fourth-order valence-electron chi connectivity index (χ4n) is 1.14. The lowest BCUT2D eigenvalue weighted by molar-refractivity contribution is 0.190. The molecule has 0 aromatic rings. The Morgan fingerprint density at radius 3 is 1.85 bits per heavy atom. The zero-order valence-corrected chi connectivity index (χ0v) is 9.60. The summed E-state index contributed by atoms with van der Waals surface area (Å²) < 4.78 is 19.2. The van der Waals surface area contributed by atoms with Crippen LogP contribution in [0.25, 0.3) is 0 Å². The van der Waals surface area contributed by atoms with Crippen LogP contribution in [-0.4, -0.2) is 26.9 Å². The van der Waals surface area contributed by atoms with E-state index in [9.17, 15) is 4.21 Å². The molecule has 0 aliphatic heterocycles. The maximum absolute atomic E-state index is 10.5. The number of hydrogen-bond donors (Lipinski definition) is 2. The largest absolute Gasteiger partial charge is 0.293 e. The molecule has 0 heterocycles. The molecule has 0 saturated heterocycles. The van der Waals surface area contributed by atoms with Crippen molar-refractivity contribution in [1.82, 2.24) is 9.84 Å². The van der Waals surface area contributed by atoms with Crippen molar-refractivity contribution in [2.75, 3.05) is 13.1 Å². The lowest BCUT2D eigenvalue weighted by Gasteiger charge is -2.24. The van der Waals surface area contributed by atoms with Crippen LogP contribution in [0.15, 0.2) is 0 Å². The predicted molar refractivity (Wildman–Crippen MR) is 55.2 cm³/mol. The number of hydrogen-bond acceptors (Lipinski definition) is 2. The lowest BCUT2D eigenvalue weighted by Crippen LogP contribution is -2.43. The van der Waals surface area contributed by atoms with Crippen LogP contribution in [0.1, 0.15) is 27.7 Å². The first kappa shape index (κ1) is 13.0. The first-order valence-electron chi connectivity index (χ1n) is 4.54.